The van der Waals surface area contributed by atoms with Gasteiger partial charge in [0.05, 0.1) is 5.56 Å². The molecule has 5 heteroatoms. The number of aryl methyl sites for hydroxylation is 1. The van der Waals surface area contributed by atoms with E-state index in [1.54, 1.807) is 6.20 Å². The highest BCUT2D eigenvalue weighted by atomic mass is 16.1. The van der Waals surface area contributed by atoms with Gasteiger partial charge >= 0.3 is 0 Å². The van der Waals surface area contributed by atoms with E-state index in [-0.39, 0.29) is 11.8 Å². The van der Waals surface area contributed by atoms with Gasteiger partial charge in [0.25, 0.3) is 0 Å². The average Bonchev–Trinajstić information content (AvgIpc) is 2.38. The molecule has 0 aliphatic carbocycles. The molecule has 0 aromatic carbocycles. The number of amides is 1. The van der Waals surface area contributed by atoms with Crippen LogP contribution in [0.4, 0.5) is 5.82 Å². The van der Waals surface area contributed by atoms with Gasteiger partial charge < -0.3 is 10.6 Å². The van der Waals surface area contributed by atoms with Gasteiger partial charge in [-0.2, -0.15) is 5.26 Å². The lowest BCUT2D eigenvalue weighted by molar-refractivity contribution is -0.122. The number of nitrogens with two attached hydrogens (primary N) is 1. The molecule has 0 unspecified atom stereocenters. The van der Waals surface area contributed by atoms with Crippen molar-refractivity contribution in [3.8, 4) is 6.07 Å². The number of carbonyl (C=O) groups is 1. The van der Waals surface area contributed by atoms with E-state index in [1.807, 2.05) is 13.0 Å². The van der Waals surface area contributed by atoms with Gasteiger partial charge in [-0.25, -0.2) is 4.98 Å². The van der Waals surface area contributed by atoms with E-state index in [1.165, 1.54) is 0 Å². The van der Waals surface area contributed by atoms with Crippen LogP contribution in [0.3, 0.4) is 0 Å². The molecule has 1 saturated heterocycles. The van der Waals surface area contributed by atoms with Crippen molar-refractivity contribution in [2.24, 2.45) is 11.7 Å². The third-order valence-corrected chi connectivity index (χ3v) is 3.38. The van der Waals surface area contributed by atoms with Gasteiger partial charge in [-0.15, -0.1) is 0 Å². The molecular formula is C13H16N4O. The number of carbonyl (C=O) groups excluding carboxylic acids is 1. The Morgan fingerprint density at radius 2 is 2.22 bits per heavy atom. The van der Waals surface area contributed by atoms with Gasteiger partial charge in [-0.05, 0) is 31.4 Å². The van der Waals surface area contributed by atoms with Gasteiger partial charge in [-0.1, -0.05) is 0 Å². The van der Waals surface area contributed by atoms with Crippen molar-refractivity contribution in [3.05, 3.63) is 23.4 Å². The van der Waals surface area contributed by atoms with E-state index < -0.39 is 0 Å². The molecule has 1 aliphatic rings. The highest BCUT2D eigenvalue weighted by molar-refractivity contribution is 5.77. The van der Waals surface area contributed by atoms with E-state index in [2.05, 4.69) is 16.0 Å². The molecule has 1 aromatic rings. The largest absolute Gasteiger partial charge is 0.369 e. The minimum absolute atomic E-state index is 0.0139. The predicted molar refractivity (Wildman–Crippen MR) is 67.8 cm³/mol. The number of primary amides is 1. The average molecular weight is 244 g/mol. The maximum Gasteiger partial charge on any atom is 0.220 e. The van der Waals surface area contributed by atoms with Gasteiger partial charge in [-0.3, -0.25) is 4.79 Å². The van der Waals surface area contributed by atoms with Crippen LogP contribution in [0.25, 0.3) is 0 Å². The van der Waals surface area contributed by atoms with Crippen molar-refractivity contribution >= 4 is 11.7 Å². The molecule has 5 nitrogen and oxygen atoms in total. The van der Waals surface area contributed by atoms with Crippen molar-refractivity contribution < 1.29 is 4.79 Å². The smallest absolute Gasteiger partial charge is 0.220 e. The number of aromatic nitrogens is 1. The Bertz CT molecular complexity index is 498. The number of hydrogen-bond acceptors (Lipinski definition) is 4. The second kappa shape index (κ2) is 5.05. The monoisotopic (exact) mass is 244 g/mol. The summed E-state index contributed by atoms with van der Waals surface area (Å²) in [5.41, 5.74) is 6.87. The maximum absolute atomic E-state index is 11.1. The molecule has 94 valence electrons. The van der Waals surface area contributed by atoms with Crippen LogP contribution in [0.15, 0.2) is 12.3 Å². The van der Waals surface area contributed by atoms with E-state index in [9.17, 15) is 4.79 Å². The minimum atomic E-state index is -0.209. The molecule has 1 aromatic heterocycles. The maximum atomic E-state index is 11.1. The molecule has 0 saturated carbocycles. The summed E-state index contributed by atoms with van der Waals surface area (Å²) in [7, 11) is 0. The predicted octanol–water partition coefficient (Wildman–Crippen LogP) is 0.963. The first-order chi connectivity index (χ1) is 8.61. The van der Waals surface area contributed by atoms with E-state index >= 15 is 0 Å². The fraction of sp³-hybridized carbons (Fsp3) is 0.462. The highest BCUT2D eigenvalue weighted by Crippen LogP contribution is 2.24. The van der Waals surface area contributed by atoms with Crippen LogP contribution >= 0.6 is 0 Å². The standard InChI is InChI=1S/C13H16N4O/c1-9-6-10(7-14)8-16-13(9)17-4-2-11(3-5-17)12(15)18/h6,8,11H,2-5H2,1H3,(H2,15,18). The van der Waals surface area contributed by atoms with Gasteiger partial charge in [0, 0.05) is 25.2 Å². The summed E-state index contributed by atoms with van der Waals surface area (Å²) >= 11 is 0. The van der Waals surface area contributed by atoms with Crippen LogP contribution in [-0.2, 0) is 4.79 Å². The Balaban J connectivity index is 2.10. The Morgan fingerprint density at radius 1 is 1.56 bits per heavy atom. The third kappa shape index (κ3) is 2.43. The summed E-state index contributed by atoms with van der Waals surface area (Å²) < 4.78 is 0. The van der Waals surface area contributed by atoms with Crippen LogP contribution < -0.4 is 10.6 Å². The molecule has 2 rings (SSSR count). The first-order valence-electron chi connectivity index (χ1n) is 6.03. The fourth-order valence-corrected chi connectivity index (χ4v) is 2.34. The second-order valence-electron chi connectivity index (χ2n) is 4.64. The SMILES string of the molecule is Cc1cc(C#N)cnc1N1CCC(C(N)=O)CC1. The number of nitrogens with zero attached hydrogens (tertiary/aromatic N) is 3. The van der Waals surface area contributed by atoms with Crippen molar-refractivity contribution in [2.75, 3.05) is 18.0 Å². The van der Waals surface area contributed by atoms with E-state index in [0.717, 1.165) is 37.3 Å². The summed E-state index contributed by atoms with van der Waals surface area (Å²) in [5.74, 6) is 0.677. The molecule has 18 heavy (non-hydrogen) atoms. The van der Waals surface area contributed by atoms with E-state index in [4.69, 9.17) is 11.0 Å². The number of nitriles is 1. The first kappa shape index (κ1) is 12.4. The number of piperidine rings is 1. The minimum Gasteiger partial charge on any atom is -0.369 e. The zero-order valence-corrected chi connectivity index (χ0v) is 10.4. The van der Waals surface area contributed by atoms with Crippen LogP contribution in [0.5, 0.6) is 0 Å². The molecular weight excluding hydrogens is 228 g/mol. The number of pyridine rings is 1. The second-order valence-corrected chi connectivity index (χ2v) is 4.64. The zero-order valence-electron chi connectivity index (χ0n) is 10.4. The van der Waals surface area contributed by atoms with Crippen LogP contribution in [0, 0.1) is 24.2 Å². The Morgan fingerprint density at radius 3 is 2.72 bits per heavy atom. The topological polar surface area (TPSA) is 83.0 Å². The van der Waals surface area contributed by atoms with Crippen molar-refractivity contribution in [3.63, 3.8) is 0 Å². The fourth-order valence-electron chi connectivity index (χ4n) is 2.34. The van der Waals surface area contributed by atoms with Crippen LogP contribution in [0.1, 0.15) is 24.0 Å². The zero-order chi connectivity index (χ0) is 13.1. The molecule has 2 N–H and O–H groups in total. The normalized spacial score (nSPS) is 16.3. The molecule has 0 bridgehead atoms. The quantitative estimate of drug-likeness (QED) is 0.840. The summed E-state index contributed by atoms with van der Waals surface area (Å²) in [5, 5.41) is 8.80. The lowest BCUT2D eigenvalue weighted by Crippen LogP contribution is -2.39. The summed E-state index contributed by atoms with van der Waals surface area (Å²) in [4.78, 5) is 17.6. The Hall–Kier alpha value is -2.09. The molecule has 0 radical (unpaired) electrons. The van der Waals surface area contributed by atoms with Crippen molar-refractivity contribution in [1.29, 1.82) is 5.26 Å². The van der Waals surface area contributed by atoms with Gasteiger partial charge in [0.2, 0.25) is 5.91 Å². The number of rotatable bonds is 2. The molecule has 2 heterocycles. The van der Waals surface area contributed by atoms with Crippen molar-refractivity contribution in [2.45, 2.75) is 19.8 Å². The summed E-state index contributed by atoms with van der Waals surface area (Å²) in [6, 6.07) is 3.91. The Kier molecular flexibility index (Phi) is 3.47. The molecule has 1 amide bonds. The van der Waals surface area contributed by atoms with Crippen molar-refractivity contribution in [1.82, 2.24) is 4.98 Å². The number of hydrogen-bond donors (Lipinski definition) is 1. The van der Waals surface area contributed by atoms with Crippen LogP contribution in [0.2, 0.25) is 0 Å². The lowest BCUT2D eigenvalue weighted by Gasteiger charge is -2.32. The summed E-state index contributed by atoms with van der Waals surface area (Å²) in [6.45, 7) is 3.52. The molecule has 0 spiro atoms. The first-order valence-corrected chi connectivity index (χ1v) is 6.03. The lowest BCUT2D eigenvalue weighted by atomic mass is 9.96. The number of anilines is 1. The van der Waals surface area contributed by atoms with E-state index in [0.29, 0.717) is 5.56 Å². The molecule has 1 fully saturated rings. The van der Waals surface area contributed by atoms with Gasteiger partial charge in [0.1, 0.15) is 11.9 Å². The van der Waals surface area contributed by atoms with Crippen LogP contribution in [-0.4, -0.2) is 24.0 Å². The highest BCUT2D eigenvalue weighted by Gasteiger charge is 2.24. The molecule has 0 atom stereocenters. The molecule has 1 aliphatic heterocycles. The summed E-state index contributed by atoms with van der Waals surface area (Å²) in [6.07, 6.45) is 3.13. The van der Waals surface area contributed by atoms with Gasteiger partial charge in [0.15, 0.2) is 0 Å². The third-order valence-electron chi connectivity index (χ3n) is 3.38. The Labute approximate surface area is 106 Å².